The zero-order valence-electron chi connectivity index (χ0n) is 11.3. The molecule has 0 fully saturated rings. The predicted octanol–water partition coefficient (Wildman–Crippen LogP) is 4.00. The zero-order chi connectivity index (χ0) is 13.8. The van der Waals surface area contributed by atoms with Gasteiger partial charge < -0.3 is 10.6 Å². The number of nitrogens with zero attached hydrogens (tertiary/aromatic N) is 1. The number of halogens is 1. The highest BCUT2D eigenvalue weighted by molar-refractivity contribution is 5.67. The van der Waals surface area contributed by atoms with Crippen LogP contribution >= 0.6 is 0 Å². The topological polar surface area (TPSA) is 29.3 Å². The van der Waals surface area contributed by atoms with E-state index in [1.54, 1.807) is 6.07 Å². The van der Waals surface area contributed by atoms with Crippen LogP contribution in [0.15, 0.2) is 48.5 Å². The number of anilines is 2. The number of hydrogen-bond donors (Lipinski definition) is 1. The lowest BCUT2D eigenvalue weighted by atomic mass is 10.0. The summed E-state index contributed by atoms with van der Waals surface area (Å²) in [5.41, 5.74) is 8.83. The second-order valence-electron chi connectivity index (χ2n) is 4.57. The number of rotatable bonds is 4. The third kappa shape index (κ3) is 2.93. The van der Waals surface area contributed by atoms with E-state index in [9.17, 15) is 4.39 Å². The molecule has 2 aromatic rings. The predicted molar refractivity (Wildman–Crippen MR) is 78.1 cm³/mol. The highest BCUT2D eigenvalue weighted by atomic mass is 19.1. The van der Waals surface area contributed by atoms with Crippen LogP contribution in [0, 0.1) is 5.82 Å². The van der Waals surface area contributed by atoms with E-state index >= 15 is 0 Å². The Hall–Kier alpha value is -1.87. The maximum atomic E-state index is 13.4. The maximum Gasteiger partial charge on any atom is 0.123 e. The van der Waals surface area contributed by atoms with Gasteiger partial charge in [-0.25, -0.2) is 4.39 Å². The van der Waals surface area contributed by atoms with Crippen molar-refractivity contribution in [2.24, 2.45) is 5.73 Å². The van der Waals surface area contributed by atoms with Gasteiger partial charge in [0.1, 0.15) is 5.82 Å². The van der Waals surface area contributed by atoms with Crippen molar-refractivity contribution < 1.29 is 4.39 Å². The van der Waals surface area contributed by atoms with Gasteiger partial charge in [0.05, 0.1) is 0 Å². The molecule has 0 amide bonds. The fourth-order valence-electron chi connectivity index (χ4n) is 2.24. The molecular formula is C16H19FN2. The van der Waals surface area contributed by atoms with Crippen molar-refractivity contribution in [1.82, 2.24) is 0 Å². The van der Waals surface area contributed by atoms with E-state index in [0.29, 0.717) is 0 Å². The van der Waals surface area contributed by atoms with Crippen LogP contribution < -0.4 is 10.6 Å². The minimum absolute atomic E-state index is 0.205. The highest BCUT2D eigenvalue weighted by Crippen LogP contribution is 2.31. The Bertz CT molecular complexity index is 538. The summed E-state index contributed by atoms with van der Waals surface area (Å²) in [5, 5.41) is 0. The van der Waals surface area contributed by atoms with Crippen molar-refractivity contribution in [2.45, 2.75) is 19.9 Å². The molecule has 0 saturated carbocycles. The van der Waals surface area contributed by atoms with Crippen LogP contribution in [0.1, 0.15) is 25.5 Å². The van der Waals surface area contributed by atoms with Crippen LogP contribution in [0.2, 0.25) is 0 Å². The first-order valence-electron chi connectivity index (χ1n) is 6.51. The molecule has 3 heteroatoms. The Morgan fingerprint density at radius 3 is 2.42 bits per heavy atom. The molecule has 0 aromatic heterocycles. The maximum absolute atomic E-state index is 13.4. The van der Waals surface area contributed by atoms with Gasteiger partial charge >= 0.3 is 0 Å². The first kappa shape index (κ1) is 13.6. The van der Waals surface area contributed by atoms with E-state index in [2.05, 4.69) is 11.8 Å². The van der Waals surface area contributed by atoms with Gasteiger partial charge in [-0.3, -0.25) is 0 Å². The van der Waals surface area contributed by atoms with Crippen LogP contribution in [0.3, 0.4) is 0 Å². The Kier molecular flexibility index (Phi) is 4.17. The molecule has 19 heavy (non-hydrogen) atoms. The van der Waals surface area contributed by atoms with Crippen LogP contribution in [0.5, 0.6) is 0 Å². The zero-order valence-corrected chi connectivity index (χ0v) is 11.3. The third-order valence-electron chi connectivity index (χ3n) is 3.16. The van der Waals surface area contributed by atoms with Gasteiger partial charge in [-0.05, 0) is 49.7 Å². The van der Waals surface area contributed by atoms with E-state index < -0.39 is 0 Å². The molecule has 0 aliphatic rings. The van der Waals surface area contributed by atoms with Gasteiger partial charge in [-0.2, -0.15) is 0 Å². The number of para-hydroxylation sites is 1. The molecule has 2 nitrogen and oxygen atoms in total. The number of hydrogen-bond acceptors (Lipinski definition) is 2. The molecule has 0 unspecified atom stereocenters. The minimum atomic E-state index is -0.250. The highest BCUT2D eigenvalue weighted by Gasteiger charge is 2.14. The largest absolute Gasteiger partial charge is 0.341 e. The van der Waals surface area contributed by atoms with E-state index in [1.807, 2.05) is 37.3 Å². The van der Waals surface area contributed by atoms with Crippen molar-refractivity contribution in [2.75, 3.05) is 11.4 Å². The smallest absolute Gasteiger partial charge is 0.123 e. The first-order chi connectivity index (χ1) is 9.13. The van der Waals surface area contributed by atoms with E-state index in [0.717, 1.165) is 23.5 Å². The fraction of sp³-hybridized carbons (Fsp3) is 0.250. The van der Waals surface area contributed by atoms with Gasteiger partial charge in [0.15, 0.2) is 0 Å². The van der Waals surface area contributed by atoms with Crippen molar-refractivity contribution in [3.63, 3.8) is 0 Å². The molecule has 1 atom stereocenters. The van der Waals surface area contributed by atoms with Gasteiger partial charge in [-0.1, -0.05) is 18.2 Å². The molecule has 2 aromatic carbocycles. The quantitative estimate of drug-likeness (QED) is 0.898. The van der Waals surface area contributed by atoms with Gasteiger partial charge in [0.25, 0.3) is 0 Å². The van der Waals surface area contributed by atoms with Gasteiger partial charge in [0.2, 0.25) is 0 Å². The van der Waals surface area contributed by atoms with Crippen molar-refractivity contribution in [3.05, 3.63) is 59.9 Å². The molecule has 0 bridgehead atoms. The summed E-state index contributed by atoms with van der Waals surface area (Å²) in [7, 11) is 0. The summed E-state index contributed by atoms with van der Waals surface area (Å²) in [4.78, 5) is 2.14. The summed E-state index contributed by atoms with van der Waals surface area (Å²) < 4.78 is 13.4. The van der Waals surface area contributed by atoms with E-state index in [1.165, 1.54) is 12.1 Å². The fourth-order valence-corrected chi connectivity index (χ4v) is 2.24. The van der Waals surface area contributed by atoms with Crippen LogP contribution in [-0.4, -0.2) is 6.54 Å². The van der Waals surface area contributed by atoms with E-state index in [4.69, 9.17) is 5.73 Å². The average molecular weight is 258 g/mol. The Balaban J connectivity index is 2.50. The summed E-state index contributed by atoms with van der Waals surface area (Å²) in [5.74, 6) is -0.250. The van der Waals surface area contributed by atoms with Gasteiger partial charge in [-0.15, -0.1) is 0 Å². The molecule has 2 rings (SSSR count). The standard InChI is InChI=1S/C16H19FN2/c1-3-19(14-7-5-4-6-8-14)16-10-9-13(17)11-15(16)12(2)18/h4-12H,3,18H2,1-2H3/t12-/m0/s1. The molecule has 100 valence electrons. The number of benzene rings is 2. The second kappa shape index (κ2) is 5.85. The van der Waals surface area contributed by atoms with Crippen LogP contribution in [0.25, 0.3) is 0 Å². The average Bonchev–Trinajstić information content (AvgIpc) is 2.42. The normalized spacial score (nSPS) is 12.2. The summed E-state index contributed by atoms with van der Waals surface area (Å²) in [6.45, 7) is 4.74. The molecule has 0 heterocycles. The lowest BCUT2D eigenvalue weighted by Crippen LogP contribution is -2.20. The molecule has 0 spiro atoms. The molecule has 0 aliphatic carbocycles. The monoisotopic (exact) mass is 258 g/mol. The summed E-state index contributed by atoms with van der Waals surface area (Å²) in [6, 6.07) is 14.6. The van der Waals surface area contributed by atoms with E-state index in [-0.39, 0.29) is 11.9 Å². The second-order valence-corrected chi connectivity index (χ2v) is 4.57. The lowest BCUT2D eigenvalue weighted by molar-refractivity contribution is 0.622. The van der Waals surface area contributed by atoms with Crippen LogP contribution in [-0.2, 0) is 0 Å². The summed E-state index contributed by atoms with van der Waals surface area (Å²) >= 11 is 0. The third-order valence-corrected chi connectivity index (χ3v) is 3.16. The number of nitrogens with two attached hydrogens (primary N) is 1. The molecular weight excluding hydrogens is 239 g/mol. The molecule has 0 aliphatic heterocycles. The molecule has 0 radical (unpaired) electrons. The Labute approximate surface area is 113 Å². The van der Waals surface area contributed by atoms with Crippen LogP contribution in [0.4, 0.5) is 15.8 Å². The lowest BCUT2D eigenvalue weighted by Gasteiger charge is -2.27. The van der Waals surface area contributed by atoms with Crippen molar-refractivity contribution >= 4 is 11.4 Å². The van der Waals surface area contributed by atoms with Gasteiger partial charge in [0, 0.05) is 24.0 Å². The minimum Gasteiger partial charge on any atom is -0.341 e. The van der Waals surface area contributed by atoms with Crippen molar-refractivity contribution in [3.8, 4) is 0 Å². The first-order valence-corrected chi connectivity index (χ1v) is 6.51. The molecule has 2 N–H and O–H groups in total. The SMILES string of the molecule is CCN(c1ccccc1)c1ccc(F)cc1[C@H](C)N. The Morgan fingerprint density at radius 2 is 1.84 bits per heavy atom. The molecule has 0 saturated heterocycles. The summed E-state index contributed by atoms with van der Waals surface area (Å²) in [6.07, 6.45) is 0. The van der Waals surface area contributed by atoms with Crippen molar-refractivity contribution in [1.29, 1.82) is 0 Å². The Morgan fingerprint density at radius 1 is 1.16 bits per heavy atom.